The molecule has 20 heavy (non-hydrogen) atoms. The van der Waals surface area contributed by atoms with E-state index in [2.05, 4.69) is 43.4 Å². The van der Waals surface area contributed by atoms with E-state index in [1.165, 1.54) is 18.4 Å². The lowest BCUT2D eigenvalue weighted by Gasteiger charge is -2.17. The van der Waals surface area contributed by atoms with Crippen LogP contribution in [-0.4, -0.2) is 23.0 Å². The first-order chi connectivity index (χ1) is 9.63. The summed E-state index contributed by atoms with van der Waals surface area (Å²) in [7, 11) is 0. The number of carbonyl (C=O) groups excluding carboxylic acids is 1. The van der Waals surface area contributed by atoms with E-state index >= 15 is 0 Å². The van der Waals surface area contributed by atoms with Crippen LogP contribution in [0, 0.1) is 0 Å². The van der Waals surface area contributed by atoms with E-state index in [4.69, 9.17) is 0 Å². The molecule has 112 valence electrons. The molecule has 1 rings (SSSR count). The van der Waals surface area contributed by atoms with Crippen LogP contribution in [0.4, 0.5) is 0 Å². The number of aryl methyl sites for hydroxylation is 1. The summed E-state index contributed by atoms with van der Waals surface area (Å²) in [6.45, 7) is 6.26. The summed E-state index contributed by atoms with van der Waals surface area (Å²) >= 11 is 1.75. The fourth-order valence-corrected chi connectivity index (χ4v) is 2.97. The van der Waals surface area contributed by atoms with Crippen molar-refractivity contribution in [1.82, 2.24) is 5.32 Å². The number of carbonyl (C=O) groups is 1. The lowest BCUT2D eigenvalue weighted by molar-refractivity contribution is -0.120. The van der Waals surface area contributed by atoms with Crippen LogP contribution in [0.3, 0.4) is 0 Å². The molecule has 0 spiro atoms. The molecule has 0 heterocycles. The summed E-state index contributed by atoms with van der Waals surface area (Å²) in [5.74, 6) is 1.25. The van der Waals surface area contributed by atoms with Crippen LogP contribution in [0.2, 0.25) is 0 Å². The number of benzene rings is 1. The van der Waals surface area contributed by atoms with Gasteiger partial charge in [-0.25, -0.2) is 0 Å². The zero-order valence-electron chi connectivity index (χ0n) is 12.9. The summed E-state index contributed by atoms with van der Waals surface area (Å²) in [5, 5.41) is 3.17. The molecule has 1 aromatic rings. The van der Waals surface area contributed by atoms with E-state index in [9.17, 15) is 4.79 Å². The smallest absolute Gasteiger partial charge is 0.233 e. The number of unbranched alkanes of at least 4 members (excludes halogenated alkanes) is 1. The molecule has 1 N–H and O–H groups in total. The molecule has 3 heteroatoms. The van der Waals surface area contributed by atoms with Crippen LogP contribution in [0.1, 0.15) is 45.6 Å². The van der Waals surface area contributed by atoms with Crippen LogP contribution in [0.5, 0.6) is 0 Å². The third kappa shape index (κ3) is 6.99. The van der Waals surface area contributed by atoms with E-state index in [1.807, 2.05) is 13.0 Å². The Labute approximate surface area is 127 Å². The van der Waals surface area contributed by atoms with Gasteiger partial charge in [-0.3, -0.25) is 4.79 Å². The number of rotatable bonds is 9. The highest BCUT2D eigenvalue weighted by Crippen LogP contribution is 2.13. The topological polar surface area (TPSA) is 29.1 Å². The van der Waals surface area contributed by atoms with E-state index in [0.717, 1.165) is 18.6 Å². The molecule has 0 saturated carbocycles. The van der Waals surface area contributed by atoms with E-state index in [0.29, 0.717) is 0 Å². The first-order valence-electron chi connectivity index (χ1n) is 7.59. The fourth-order valence-electron chi connectivity index (χ4n) is 1.94. The lowest BCUT2D eigenvalue weighted by Crippen LogP contribution is -2.38. The Morgan fingerprint density at radius 1 is 1.25 bits per heavy atom. The van der Waals surface area contributed by atoms with E-state index in [1.54, 1.807) is 11.8 Å². The van der Waals surface area contributed by atoms with Gasteiger partial charge in [-0.05, 0) is 44.4 Å². The van der Waals surface area contributed by atoms with Gasteiger partial charge in [-0.2, -0.15) is 0 Å². The summed E-state index contributed by atoms with van der Waals surface area (Å²) < 4.78 is 0. The van der Waals surface area contributed by atoms with Gasteiger partial charge in [0.25, 0.3) is 0 Å². The van der Waals surface area contributed by atoms with Crippen molar-refractivity contribution < 1.29 is 4.79 Å². The molecule has 0 fully saturated rings. The summed E-state index contributed by atoms with van der Waals surface area (Å²) in [6.07, 6.45) is 4.38. The molecular weight excluding hydrogens is 266 g/mol. The first-order valence-corrected chi connectivity index (χ1v) is 8.64. The molecule has 0 radical (unpaired) electrons. The van der Waals surface area contributed by atoms with Crippen molar-refractivity contribution in [2.75, 3.05) is 5.75 Å². The van der Waals surface area contributed by atoms with Gasteiger partial charge in [0.05, 0.1) is 5.25 Å². The van der Waals surface area contributed by atoms with Crippen LogP contribution in [0.25, 0.3) is 0 Å². The fraction of sp³-hybridized carbons (Fsp3) is 0.588. The predicted octanol–water partition coefficient (Wildman–Crippen LogP) is 4.05. The zero-order valence-corrected chi connectivity index (χ0v) is 13.7. The molecule has 0 aliphatic heterocycles. The quantitative estimate of drug-likeness (QED) is 0.696. The second-order valence-corrected chi connectivity index (χ2v) is 6.75. The van der Waals surface area contributed by atoms with Crippen LogP contribution < -0.4 is 5.32 Å². The zero-order chi connectivity index (χ0) is 14.8. The van der Waals surface area contributed by atoms with Crippen molar-refractivity contribution in [2.24, 2.45) is 0 Å². The predicted molar refractivity (Wildman–Crippen MR) is 89.2 cm³/mol. The van der Waals surface area contributed by atoms with Crippen molar-refractivity contribution in [3.63, 3.8) is 0 Å². The maximum Gasteiger partial charge on any atom is 0.233 e. The molecule has 1 aromatic carbocycles. The van der Waals surface area contributed by atoms with Crippen molar-refractivity contribution in [2.45, 2.75) is 57.7 Å². The summed E-state index contributed by atoms with van der Waals surface area (Å²) in [4.78, 5) is 12.0. The highest BCUT2D eigenvalue weighted by atomic mass is 32.2. The molecule has 0 unspecified atom stereocenters. The molecule has 0 aliphatic carbocycles. The van der Waals surface area contributed by atoms with Gasteiger partial charge in [-0.1, -0.05) is 43.7 Å². The van der Waals surface area contributed by atoms with Gasteiger partial charge in [0.2, 0.25) is 5.91 Å². The maximum absolute atomic E-state index is 12.0. The Morgan fingerprint density at radius 3 is 2.60 bits per heavy atom. The normalized spacial score (nSPS) is 13.8. The van der Waals surface area contributed by atoms with Crippen molar-refractivity contribution >= 4 is 17.7 Å². The second-order valence-electron chi connectivity index (χ2n) is 5.30. The minimum atomic E-state index is 0.0562. The van der Waals surface area contributed by atoms with Crippen molar-refractivity contribution in [1.29, 1.82) is 0 Å². The highest BCUT2D eigenvalue weighted by Gasteiger charge is 2.15. The maximum atomic E-state index is 12.0. The molecule has 2 nitrogen and oxygen atoms in total. The average molecular weight is 293 g/mol. The first kappa shape index (κ1) is 17.1. The largest absolute Gasteiger partial charge is 0.353 e. The molecular formula is C17H27NOS. The average Bonchev–Trinajstić information content (AvgIpc) is 2.46. The third-order valence-corrected chi connectivity index (χ3v) is 4.57. The van der Waals surface area contributed by atoms with Gasteiger partial charge in [-0.15, -0.1) is 11.8 Å². The van der Waals surface area contributed by atoms with Crippen LogP contribution >= 0.6 is 11.8 Å². The number of thioether (sulfide) groups is 1. The number of hydrogen-bond acceptors (Lipinski definition) is 2. The van der Waals surface area contributed by atoms with Crippen molar-refractivity contribution in [3.8, 4) is 0 Å². The third-order valence-electron chi connectivity index (χ3n) is 3.33. The van der Waals surface area contributed by atoms with E-state index < -0.39 is 0 Å². The van der Waals surface area contributed by atoms with Crippen LogP contribution in [-0.2, 0) is 11.2 Å². The molecule has 1 amide bonds. The molecule has 0 aliphatic rings. The second kappa shape index (κ2) is 9.87. The van der Waals surface area contributed by atoms with Gasteiger partial charge in [0.15, 0.2) is 0 Å². The van der Waals surface area contributed by atoms with Gasteiger partial charge in [0, 0.05) is 6.04 Å². The van der Waals surface area contributed by atoms with E-state index in [-0.39, 0.29) is 17.2 Å². The Kier molecular flexibility index (Phi) is 8.43. The Hall–Kier alpha value is -0.960. The minimum Gasteiger partial charge on any atom is -0.353 e. The van der Waals surface area contributed by atoms with Crippen LogP contribution in [0.15, 0.2) is 30.3 Å². The highest BCUT2D eigenvalue weighted by molar-refractivity contribution is 8.00. The summed E-state index contributed by atoms with van der Waals surface area (Å²) in [5.41, 5.74) is 1.33. The van der Waals surface area contributed by atoms with Gasteiger partial charge >= 0.3 is 0 Å². The van der Waals surface area contributed by atoms with Gasteiger partial charge < -0.3 is 5.32 Å². The van der Waals surface area contributed by atoms with Crippen molar-refractivity contribution in [3.05, 3.63) is 35.9 Å². The molecule has 0 saturated heterocycles. The Morgan fingerprint density at radius 2 is 1.95 bits per heavy atom. The monoisotopic (exact) mass is 293 g/mol. The SMILES string of the molecule is CCCCS[C@@H](C)C(=O)N[C@H](C)CCc1ccccc1. The molecule has 0 bridgehead atoms. The number of nitrogens with one attached hydrogen (secondary N) is 1. The summed E-state index contributed by atoms with van der Waals surface area (Å²) in [6, 6.07) is 10.7. The lowest BCUT2D eigenvalue weighted by atomic mass is 10.1. The Bertz CT molecular complexity index is 380. The Balaban J connectivity index is 2.23. The standard InChI is InChI=1S/C17H27NOS/c1-4-5-13-20-15(3)17(19)18-14(2)11-12-16-9-7-6-8-10-16/h6-10,14-15H,4-5,11-13H2,1-3H3,(H,18,19)/t14-,15+/m1/s1. The minimum absolute atomic E-state index is 0.0562. The number of amides is 1. The molecule has 0 aromatic heterocycles. The molecule has 2 atom stereocenters. The number of hydrogen-bond donors (Lipinski definition) is 1. The van der Waals surface area contributed by atoms with Gasteiger partial charge in [0.1, 0.15) is 0 Å².